The molecule has 4 heteroatoms. The Morgan fingerprint density at radius 2 is 2.46 bits per heavy atom. The summed E-state index contributed by atoms with van der Waals surface area (Å²) in [6, 6.07) is 1.74. The number of thiophene rings is 1. The van der Waals surface area contributed by atoms with E-state index in [9.17, 15) is 4.79 Å². The lowest BCUT2D eigenvalue weighted by molar-refractivity contribution is -0.138. The van der Waals surface area contributed by atoms with Gasteiger partial charge in [-0.2, -0.15) is 0 Å². The molecule has 0 aliphatic heterocycles. The van der Waals surface area contributed by atoms with Gasteiger partial charge in [0.2, 0.25) is 0 Å². The number of carbonyl (C=O) groups is 1. The maximum absolute atomic E-state index is 10.9. The Morgan fingerprint density at radius 1 is 1.77 bits per heavy atom. The number of aliphatic carboxylic acids is 1. The van der Waals surface area contributed by atoms with Crippen LogP contribution >= 0.6 is 22.9 Å². The molecule has 1 rings (SSSR count). The van der Waals surface area contributed by atoms with Crippen molar-refractivity contribution in [2.45, 2.75) is 25.7 Å². The molecule has 1 N–H and O–H groups in total. The van der Waals surface area contributed by atoms with Crippen molar-refractivity contribution in [2.24, 2.45) is 0 Å². The molecule has 72 valence electrons. The minimum atomic E-state index is -0.786. The molecule has 1 heterocycles. The van der Waals surface area contributed by atoms with Gasteiger partial charge in [0.25, 0.3) is 0 Å². The minimum Gasteiger partial charge on any atom is -0.481 e. The maximum atomic E-state index is 10.9. The Bertz CT molecular complexity index is 296. The van der Waals surface area contributed by atoms with Crippen molar-refractivity contribution in [2.75, 3.05) is 0 Å². The molecule has 1 aromatic heterocycles. The summed E-state index contributed by atoms with van der Waals surface area (Å²) in [6.07, 6.45) is 1.50. The summed E-state index contributed by atoms with van der Waals surface area (Å²) in [4.78, 5) is 11.7. The van der Waals surface area contributed by atoms with Crippen LogP contribution in [0.2, 0.25) is 5.02 Å². The summed E-state index contributed by atoms with van der Waals surface area (Å²) in [6.45, 7) is 1.97. The summed E-state index contributed by atoms with van der Waals surface area (Å²) in [5.41, 5.74) is 0. The molecule has 1 atom stereocenters. The van der Waals surface area contributed by atoms with E-state index in [2.05, 4.69) is 0 Å². The Kier molecular flexibility index (Phi) is 3.75. The molecule has 0 saturated heterocycles. The second-order valence-electron chi connectivity index (χ2n) is 2.81. The number of carboxylic acids is 1. The van der Waals surface area contributed by atoms with Gasteiger partial charge in [0.1, 0.15) is 0 Å². The van der Waals surface area contributed by atoms with Gasteiger partial charge in [-0.1, -0.05) is 24.9 Å². The first-order chi connectivity index (χ1) is 6.16. The average molecular weight is 219 g/mol. The van der Waals surface area contributed by atoms with E-state index in [1.165, 1.54) is 11.3 Å². The smallest absolute Gasteiger partial charge is 0.311 e. The molecule has 0 radical (unpaired) electrons. The average Bonchev–Trinajstić information content (AvgIpc) is 2.47. The maximum Gasteiger partial charge on any atom is 0.311 e. The predicted molar refractivity (Wildman–Crippen MR) is 54.6 cm³/mol. The van der Waals surface area contributed by atoms with E-state index in [0.29, 0.717) is 11.4 Å². The van der Waals surface area contributed by atoms with E-state index in [-0.39, 0.29) is 0 Å². The number of rotatable bonds is 4. The lowest BCUT2D eigenvalue weighted by atomic mass is 10.0. The van der Waals surface area contributed by atoms with Gasteiger partial charge in [-0.15, -0.1) is 11.3 Å². The lowest BCUT2D eigenvalue weighted by Gasteiger charge is -2.08. The van der Waals surface area contributed by atoms with Crippen LogP contribution in [-0.2, 0) is 4.79 Å². The van der Waals surface area contributed by atoms with Crippen molar-refractivity contribution < 1.29 is 9.90 Å². The molecule has 1 aromatic rings. The third kappa shape index (κ3) is 2.45. The van der Waals surface area contributed by atoms with Crippen LogP contribution in [0.1, 0.15) is 30.6 Å². The quantitative estimate of drug-likeness (QED) is 0.842. The van der Waals surface area contributed by atoms with Gasteiger partial charge in [0, 0.05) is 4.88 Å². The van der Waals surface area contributed by atoms with Crippen LogP contribution in [0.5, 0.6) is 0 Å². The van der Waals surface area contributed by atoms with Crippen molar-refractivity contribution in [3.05, 3.63) is 21.3 Å². The van der Waals surface area contributed by atoms with Gasteiger partial charge < -0.3 is 5.11 Å². The molecule has 1 unspecified atom stereocenters. The van der Waals surface area contributed by atoms with Gasteiger partial charge in [-0.25, -0.2) is 0 Å². The van der Waals surface area contributed by atoms with Crippen LogP contribution in [0.15, 0.2) is 11.4 Å². The summed E-state index contributed by atoms with van der Waals surface area (Å²) < 4.78 is 0. The van der Waals surface area contributed by atoms with Crippen LogP contribution in [0.25, 0.3) is 0 Å². The fourth-order valence-corrected chi connectivity index (χ4v) is 2.53. The Morgan fingerprint density at radius 3 is 2.85 bits per heavy atom. The number of hydrogen-bond donors (Lipinski definition) is 1. The largest absolute Gasteiger partial charge is 0.481 e. The second kappa shape index (κ2) is 4.63. The third-order valence-electron chi connectivity index (χ3n) is 1.84. The van der Waals surface area contributed by atoms with Crippen molar-refractivity contribution in [3.63, 3.8) is 0 Å². The highest BCUT2D eigenvalue weighted by Crippen LogP contribution is 2.32. The van der Waals surface area contributed by atoms with Crippen molar-refractivity contribution in [1.29, 1.82) is 0 Å². The highest BCUT2D eigenvalue weighted by Gasteiger charge is 2.22. The first kappa shape index (κ1) is 10.5. The van der Waals surface area contributed by atoms with E-state index in [1.54, 1.807) is 6.07 Å². The minimum absolute atomic E-state index is 0.433. The molecule has 2 nitrogen and oxygen atoms in total. The normalized spacial score (nSPS) is 12.8. The summed E-state index contributed by atoms with van der Waals surface area (Å²) in [5.74, 6) is -1.22. The lowest BCUT2D eigenvalue weighted by Crippen LogP contribution is -2.10. The molecule has 0 aliphatic rings. The number of carboxylic acid groups (broad SMARTS) is 1. The van der Waals surface area contributed by atoms with E-state index >= 15 is 0 Å². The molecule has 0 bridgehead atoms. The summed E-state index contributed by atoms with van der Waals surface area (Å²) >= 11 is 7.27. The predicted octanol–water partition coefficient (Wildman–Crippen LogP) is 3.37. The van der Waals surface area contributed by atoms with Gasteiger partial charge in [-0.3, -0.25) is 4.79 Å². The third-order valence-corrected chi connectivity index (χ3v) is 3.31. The highest BCUT2D eigenvalue weighted by molar-refractivity contribution is 7.10. The molecule has 0 spiro atoms. The Balaban J connectivity index is 2.88. The first-order valence-corrected chi connectivity index (χ1v) is 5.38. The van der Waals surface area contributed by atoms with Gasteiger partial charge in [0.15, 0.2) is 0 Å². The van der Waals surface area contributed by atoms with Crippen LogP contribution < -0.4 is 0 Å². The van der Waals surface area contributed by atoms with Crippen LogP contribution in [0.3, 0.4) is 0 Å². The van der Waals surface area contributed by atoms with Crippen molar-refractivity contribution >= 4 is 28.9 Å². The Labute approximate surface area is 86.2 Å². The van der Waals surface area contributed by atoms with Crippen LogP contribution in [0, 0.1) is 0 Å². The van der Waals surface area contributed by atoms with Gasteiger partial charge in [-0.05, 0) is 17.9 Å². The zero-order valence-electron chi connectivity index (χ0n) is 7.29. The van der Waals surface area contributed by atoms with Crippen LogP contribution in [-0.4, -0.2) is 11.1 Å². The topological polar surface area (TPSA) is 37.3 Å². The molecule has 0 aliphatic carbocycles. The monoisotopic (exact) mass is 218 g/mol. The van der Waals surface area contributed by atoms with Gasteiger partial charge >= 0.3 is 5.97 Å². The Hall–Kier alpha value is -0.540. The van der Waals surface area contributed by atoms with Crippen molar-refractivity contribution in [3.8, 4) is 0 Å². The highest BCUT2D eigenvalue weighted by atomic mass is 35.5. The SMILES string of the molecule is CCCC(C(=O)O)c1sccc1Cl. The molecule has 0 aromatic carbocycles. The molecule has 13 heavy (non-hydrogen) atoms. The van der Waals surface area contributed by atoms with Crippen LogP contribution in [0.4, 0.5) is 0 Å². The van der Waals surface area contributed by atoms with E-state index in [4.69, 9.17) is 16.7 Å². The van der Waals surface area contributed by atoms with Crippen molar-refractivity contribution in [1.82, 2.24) is 0 Å². The zero-order chi connectivity index (χ0) is 9.84. The molecule has 0 saturated carbocycles. The fraction of sp³-hybridized carbons (Fsp3) is 0.444. The first-order valence-electron chi connectivity index (χ1n) is 4.12. The molecular weight excluding hydrogens is 208 g/mol. The van der Waals surface area contributed by atoms with E-state index in [0.717, 1.165) is 11.3 Å². The number of hydrogen-bond acceptors (Lipinski definition) is 2. The second-order valence-corrected chi connectivity index (χ2v) is 4.17. The fourth-order valence-electron chi connectivity index (χ4n) is 1.21. The molecule has 0 fully saturated rings. The van der Waals surface area contributed by atoms with E-state index in [1.807, 2.05) is 12.3 Å². The molecular formula is C9H11ClO2S. The standard InChI is InChI=1S/C9H11ClO2S/c1-2-3-6(9(11)12)8-7(10)4-5-13-8/h4-6H,2-3H2,1H3,(H,11,12). The summed E-state index contributed by atoms with van der Waals surface area (Å²) in [7, 11) is 0. The van der Waals surface area contributed by atoms with E-state index < -0.39 is 11.9 Å². The number of halogens is 1. The zero-order valence-corrected chi connectivity index (χ0v) is 8.86. The summed E-state index contributed by atoms with van der Waals surface area (Å²) in [5, 5.41) is 11.3. The van der Waals surface area contributed by atoms with Gasteiger partial charge in [0.05, 0.1) is 10.9 Å². The molecule has 0 amide bonds.